The molecule has 1 aliphatic heterocycles. The van der Waals surface area contributed by atoms with E-state index in [0.717, 1.165) is 0 Å². The van der Waals surface area contributed by atoms with Crippen molar-refractivity contribution < 1.29 is 34.1 Å². The fourth-order valence-electron chi connectivity index (χ4n) is 4.14. The number of imide groups is 1. The Bertz CT molecular complexity index is 1460. The van der Waals surface area contributed by atoms with E-state index in [1.54, 1.807) is 44.2 Å². The van der Waals surface area contributed by atoms with Crippen molar-refractivity contribution in [3.63, 3.8) is 0 Å². The van der Waals surface area contributed by atoms with Crippen molar-refractivity contribution >= 4 is 46.8 Å². The number of hydrogen-bond donors (Lipinski definition) is 6. The van der Waals surface area contributed by atoms with Gasteiger partial charge < -0.3 is 30.6 Å². The zero-order chi connectivity index (χ0) is 26.9. The predicted octanol–water partition coefficient (Wildman–Crippen LogP) is 3.29. The second kappa shape index (κ2) is 9.99. The summed E-state index contributed by atoms with van der Waals surface area (Å²) in [6, 6.07) is 8.41. The van der Waals surface area contributed by atoms with Crippen molar-refractivity contribution in [3.8, 4) is 5.75 Å². The fourth-order valence-corrected chi connectivity index (χ4v) is 4.14. The summed E-state index contributed by atoms with van der Waals surface area (Å²) in [6.45, 7) is 3.01. The SMILES string of the molecule is COc1cc(CO)cc(C(=O)NC(=O)Nc2ccc3c(c2)NC(=O)C3=Cc2[nH]c(C)c(C(=O)O)c2C)c1. The van der Waals surface area contributed by atoms with Crippen LogP contribution in [0.1, 0.15) is 48.8 Å². The number of amides is 4. The van der Waals surface area contributed by atoms with E-state index in [0.29, 0.717) is 50.8 Å². The van der Waals surface area contributed by atoms with Crippen molar-refractivity contribution in [1.29, 1.82) is 0 Å². The molecule has 0 spiro atoms. The average molecular weight is 504 g/mol. The molecule has 0 radical (unpaired) electrons. The highest BCUT2D eigenvalue weighted by Gasteiger charge is 2.26. The van der Waals surface area contributed by atoms with Crippen LogP contribution >= 0.6 is 0 Å². The lowest BCUT2D eigenvalue weighted by molar-refractivity contribution is -0.110. The van der Waals surface area contributed by atoms with E-state index in [2.05, 4.69) is 20.9 Å². The van der Waals surface area contributed by atoms with Gasteiger partial charge in [0.1, 0.15) is 5.75 Å². The quantitative estimate of drug-likeness (QED) is 0.280. The summed E-state index contributed by atoms with van der Waals surface area (Å²) in [5, 5.41) is 26.2. The molecule has 2 aromatic carbocycles. The van der Waals surface area contributed by atoms with Crippen LogP contribution in [0, 0.1) is 13.8 Å². The van der Waals surface area contributed by atoms with Gasteiger partial charge in [0, 0.05) is 28.2 Å². The number of aromatic amines is 1. The first kappa shape index (κ1) is 25.2. The first-order valence-corrected chi connectivity index (χ1v) is 11.1. The molecule has 0 atom stereocenters. The number of fused-ring (bicyclic) bond motifs is 1. The Kier molecular flexibility index (Phi) is 6.81. The molecule has 3 aromatic rings. The van der Waals surface area contributed by atoms with Gasteiger partial charge in [0.25, 0.3) is 11.8 Å². The topological polar surface area (TPSA) is 170 Å². The van der Waals surface area contributed by atoms with Gasteiger partial charge in [-0.25, -0.2) is 9.59 Å². The molecular formula is C26H24N4O7. The molecule has 2 heterocycles. The molecule has 37 heavy (non-hydrogen) atoms. The van der Waals surface area contributed by atoms with Crippen molar-refractivity contribution in [1.82, 2.24) is 10.3 Å². The molecule has 11 heteroatoms. The second-order valence-electron chi connectivity index (χ2n) is 8.38. The Morgan fingerprint density at radius 1 is 1.11 bits per heavy atom. The van der Waals surface area contributed by atoms with Crippen LogP contribution in [0.3, 0.4) is 0 Å². The number of aliphatic hydroxyl groups is 1. The minimum Gasteiger partial charge on any atom is -0.497 e. The summed E-state index contributed by atoms with van der Waals surface area (Å²) in [6.07, 6.45) is 1.59. The number of anilines is 2. The van der Waals surface area contributed by atoms with Gasteiger partial charge >= 0.3 is 12.0 Å². The first-order chi connectivity index (χ1) is 17.6. The number of ether oxygens (including phenoxy) is 1. The summed E-state index contributed by atoms with van der Waals surface area (Å²) >= 11 is 0. The molecule has 4 amide bonds. The van der Waals surface area contributed by atoms with Gasteiger partial charge in [-0.05, 0) is 61.4 Å². The van der Waals surface area contributed by atoms with Crippen LogP contribution in [0.15, 0.2) is 36.4 Å². The van der Waals surface area contributed by atoms with Gasteiger partial charge in [-0.2, -0.15) is 0 Å². The fraction of sp³-hybridized carbons (Fsp3) is 0.154. The molecule has 0 unspecified atom stereocenters. The maximum Gasteiger partial charge on any atom is 0.337 e. The number of urea groups is 1. The molecule has 1 aromatic heterocycles. The maximum absolute atomic E-state index is 12.6. The zero-order valence-electron chi connectivity index (χ0n) is 20.2. The third-order valence-electron chi connectivity index (χ3n) is 5.91. The Morgan fingerprint density at radius 3 is 2.51 bits per heavy atom. The number of aliphatic hydroxyl groups excluding tert-OH is 1. The van der Waals surface area contributed by atoms with E-state index >= 15 is 0 Å². The first-order valence-electron chi connectivity index (χ1n) is 11.1. The standard InChI is InChI=1S/C26H24N4O7/c1-12-20(27-13(2)22(12)25(34)35)10-19-18-5-4-16(9-21(18)29-24(19)33)28-26(36)30-23(32)15-6-14(11-31)7-17(8-15)37-3/h4-10,27,31H,11H2,1-3H3,(H,29,33)(H,34,35)(H2,28,30,32,36). The van der Waals surface area contributed by atoms with Crippen molar-refractivity contribution in [2.24, 2.45) is 0 Å². The van der Waals surface area contributed by atoms with Crippen LogP contribution < -0.4 is 20.7 Å². The summed E-state index contributed by atoms with van der Waals surface area (Å²) in [4.78, 5) is 52.1. The molecule has 0 saturated heterocycles. The number of nitrogens with one attached hydrogen (secondary N) is 4. The highest BCUT2D eigenvalue weighted by Crippen LogP contribution is 2.35. The zero-order valence-corrected chi connectivity index (χ0v) is 20.2. The summed E-state index contributed by atoms with van der Waals surface area (Å²) in [7, 11) is 1.42. The van der Waals surface area contributed by atoms with E-state index in [1.165, 1.54) is 19.2 Å². The molecule has 0 bridgehead atoms. The monoisotopic (exact) mass is 504 g/mol. The number of H-pyrrole nitrogens is 1. The Balaban J connectivity index is 1.51. The summed E-state index contributed by atoms with van der Waals surface area (Å²) < 4.78 is 5.11. The molecule has 4 rings (SSSR count). The lowest BCUT2D eigenvalue weighted by Gasteiger charge is -2.10. The van der Waals surface area contributed by atoms with Crippen molar-refractivity contribution in [2.45, 2.75) is 20.5 Å². The van der Waals surface area contributed by atoms with Gasteiger partial charge in [-0.3, -0.25) is 14.9 Å². The number of methoxy groups -OCH3 is 1. The summed E-state index contributed by atoms with van der Waals surface area (Å²) in [5.41, 5.74) is 3.93. The van der Waals surface area contributed by atoms with Crippen LogP contribution in [0.2, 0.25) is 0 Å². The molecular weight excluding hydrogens is 480 g/mol. The number of carbonyl (C=O) groups is 4. The minimum atomic E-state index is -1.06. The molecule has 11 nitrogen and oxygen atoms in total. The lowest BCUT2D eigenvalue weighted by Crippen LogP contribution is -2.34. The number of benzene rings is 2. The van der Waals surface area contributed by atoms with Crippen molar-refractivity contribution in [3.05, 3.63) is 75.6 Å². The van der Waals surface area contributed by atoms with Crippen LogP contribution in [0.4, 0.5) is 16.2 Å². The maximum atomic E-state index is 12.6. The van der Waals surface area contributed by atoms with Crippen LogP contribution in [0.5, 0.6) is 5.75 Å². The average Bonchev–Trinajstić information content (AvgIpc) is 3.32. The van der Waals surface area contributed by atoms with Crippen LogP contribution in [-0.2, 0) is 11.4 Å². The van der Waals surface area contributed by atoms with Gasteiger partial charge in [0.05, 0.1) is 30.5 Å². The van der Waals surface area contributed by atoms with E-state index in [9.17, 15) is 29.4 Å². The predicted molar refractivity (Wildman–Crippen MR) is 136 cm³/mol. The van der Waals surface area contributed by atoms with Gasteiger partial charge in [-0.15, -0.1) is 0 Å². The van der Waals surface area contributed by atoms with E-state index in [-0.39, 0.29) is 23.6 Å². The number of carbonyl (C=O) groups excluding carboxylic acids is 3. The van der Waals surface area contributed by atoms with Crippen LogP contribution in [-0.4, -0.2) is 46.1 Å². The summed E-state index contributed by atoms with van der Waals surface area (Å²) in [5.74, 6) is -1.77. The molecule has 0 saturated carbocycles. The van der Waals surface area contributed by atoms with Gasteiger partial charge in [-0.1, -0.05) is 6.07 Å². The van der Waals surface area contributed by atoms with Gasteiger partial charge in [0.15, 0.2) is 0 Å². The Hall–Kier alpha value is -4.90. The normalized spacial score (nSPS) is 13.2. The lowest BCUT2D eigenvalue weighted by atomic mass is 10.0. The molecule has 0 aliphatic carbocycles. The largest absolute Gasteiger partial charge is 0.497 e. The Morgan fingerprint density at radius 2 is 1.86 bits per heavy atom. The minimum absolute atomic E-state index is 0.135. The van der Waals surface area contributed by atoms with Crippen LogP contribution in [0.25, 0.3) is 11.6 Å². The Labute approximate surface area is 211 Å². The number of carboxylic acids is 1. The third kappa shape index (κ3) is 5.07. The smallest absolute Gasteiger partial charge is 0.337 e. The van der Waals surface area contributed by atoms with E-state index in [4.69, 9.17) is 4.74 Å². The number of aromatic carboxylic acids is 1. The number of aromatic nitrogens is 1. The third-order valence-corrected chi connectivity index (χ3v) is 5.91. The molecule has 6 N–H and O–H groups in total. The second-order valence-corrected chi connectivity index (χ2v) is 8.38. The number of rotatable bonds is 6. The highest BCUT2D eigenvalue weighted by atomic mass is 16.5. The highest BCUT2D eigenvalue weighted by molar-refractivity contribution is 6.35. The van der Waals surface area contributed by atoms with Crippen molar-refractivity contribution in [2.75, 3.05) is 17.7 Å². The molecule has 0 fully saturated rings. The van der Waals surface area contributed by atoms with E-state index in [1.807, 2.05) is 0 Å². The number of hydrogen-bond acceptors (Lipinski definition) is 6. The number of aryl methyl sites for hydroxylation is 1. The van der Waals surface area contributed by atoms with E-state index < -0.39 is 17.9 Å². The number of carboxylic acid groups (broad SMARTS) is 1. The molecule has 190 valence electrons. The molecule has 1 aliphatic rings. The van der Waals surface area contributed by atoms with Gasteiger partial charge in [0.2, 0.25) is 0 Å².